The number of anilines is 1. The van der Waals surface area contributed by atoms with Crippen molar-refractivity contribution in [3.8, 4) is 11.8 Å². The monoisotopic (exact) mass is 323 g/mol. The Morgan fingerprint density at radius 3 is 2.71 bits per heavy atom. The van der Waals surface area contributed by atoms with E-state index in [1.165, 1.54) is 0 Å². The minimum atomic E-state index is -0.330. The third-order valence-electron chi connectivity index (χ3n) is 3.25. The molecule has 0 aliphatic heterocycles. The van der Waals surface area contributed by atoms with Crippen molar-refractivity contribution in [2.24, 2.45) is 0 Å². The molecule has 0 unspecified atom stereocenters. The second kappa shape index (κ2) is 8.34. The summed E-state index contributed by atoms with van der Waals surface area (Å²) in [5.41, 5.74) is 1.93. The summed E-state index contributed by atoms with van der Waals surface area (Å²) < 4.78 is 5.11. The van der Waals surface area contributed by atoms with Gasteiger partial charge in [-0.2, -0.15) is 5.26 Å². The summed E-state index contributed by atoms with van der Waals surface area (Å²) in [6.07, 6.45) is -0.174. The van der Waals surface area contributed by atoms with Gasteiger partial charge in [-0.3, -0.25) is 9.59 Å². The summed E-state index contributed by atoms with van der Waals surface area (Å²) in [4.78, 5) is 23.6. The third-order valence-corrected chi connectivity index (χ3v) is 3.25. The van der Waals surface area contributed by atoms with Gasteiger partial charge < -0.3 is 15.4 Å². The van der Waals surface area contributed by atoms with Crippen LogP contribution in [0.5, 0.6) is 5.75 Å². The maximum Gasteiger partial charge on any atom is 0.255 e. The fourth-order valence-corrected chi connectivity index (χ4v) is 2.06. The normalized spacial score (nSPS) is 9.67. The molecule has 2 amide bonds. The van der Waals surface area contributed by atoms with Gasteiger partial charge in [0.15, 0.2) is 0 Å². The lowest BCUT2D eigenvalue weighted by Gasteiger charge is -2.09. The molecule has 0 aliphatic carbocycles. The molecule has 122 valence electrons. The Kier molecular flexibility index (Phi) is 5.92. The van der Waals surface area contributed by atoms with Gasteiger partial charge in [0, 0.05) is 17.8 Å². The first-order valence-corrected chi connectivity index (χ1v) is 7.30. The van der Waals surface area contributed by atoms with Gasteiger partial charge in [-0.05, 0) is 35.9 Å². The molecule has 0 spiro atoms. The molecule has 2 N–H and O–H groups in total. The highest BCUT2D eigenvalue weighted by Gasteiger charge is 2.08. The lowest BCUT2D eigenvalue weighted by Crippen LogP contribution is -2.22. The fourth-order valence-electron chi connectivity index (χ4n) is 2.06. The van der Waals surface area contributed by atoms with E-state index in [1.807, 2.05) is 6.07 Å². The number of nitriles is 1. The molecule has 0 saturated carbocycles. The summed E-state index contributed by atoms with van der Waals surface area (Å²) in [7, 11) is 1.54. The van der Waals surface area contributed by atoms with Crippen LogP contribution in [0.3, 0.4) is 0 Å². The van der Waals surface area contributed by atoms with Crippen LogP contribution in [0.15, 0.2) is 48.5 Å². The Hall–Kier alpha value is -3.33. The van der Waals surface area contributed by atoms with E-state index in [-0.39, 0.29) is 18.2 Å². The second-order valence-corrected chi connectivity index (χ2v) is 5.00. The Balaban J connectivity index is 2.02. The molecule has 0 bridgehead atoms. The molecule has 2 rings (SSSR count). The van der Waals surface area contributed by atoms with Crippen LogP contribution in [0.25, 0.3) is 0 Å². The smallest absolute Gasteiger partial charge is 0.255 e. The Morgan fingerprint density at radius 1 is 1.17 bits per heavy atom. The van der Waals surface area contributed by atoms with E-state index in [9.17, 15) is 9.59 Å². The number of methoxy groups -OCH3 is 1. The molecule has 0 fully saturated rings. The summed E-state index contributed by atoms with van der Waals surface area (Å²) in [6, 6.07) is 15.8. The lowest BCUT2D eigenvalue weighted by atomic mass is 10.1. The van der Waals surface area contributed by atoms with E-state index in [1.54, 1.807) is 55.6 Å². The number of hydrogen-bond acceptors (Lipinski definition) is 4. The van der Waals surface area contributed by atoms with Crippen LogP contribution < -0.4 is 15.4 Å². The van der Waals surface area contributed by atoms with Crippen LogP contribution in [-0.4, -0.2) is 18.9 Å². The van der Waals surface area contributed by atoms with Crippen molar-refractivity contribution in [2.75, 3.05) is 12.4 Å². The molecule has 6 nitrogen and oxygen atoms in total. The molecule has 0 atom stereocenters. The number of benzene rings is 2. The molecule has 2 aromatic carbocycles. The lowest BCUT2D eigenvalue weighted by molar-refractivity contribution is -0.120. The van der Waals surface area contributed by atoms with Crippen molar-refractivity contribution in [1.29, 1.82) is 5.26 Å². The van der Waals surface area contributed by atoms with Crippen molar-refractivity contribution < 1.29 is 14.3 Å². The average Bonchev–Trinajstić information content (AvgIpc) is 2.60. The van der Waals surface area contributed by atoms with Crippen LogP contribution >= 0.6 is 0 Å². The molecule has 0 radical (unpaired) electrons. The van der Waals surface area contributed by atoms with Gasteiger partial charge >= 0.3 is 0 Å². The van der Waals surface area contributed by atoms with Gasteiger partial charge in [-0.25, -0.2) is 0 Å². The average molecular weight is 323 g/mol. The number of rotatable bonds is 6. The molecule has 0 aliphatic rings. The van der Waals surface area contributed by atoms with Crippen LogP contribution in [0.4, 0.5) is 5.69 Å². The minimum absolute atomic E-state index is 0.174. The van der Waals surface area contributed by atoms with E-state index in [2.05, 4.69) is 10.6 Å². The van der Waals surface area contributed by atoms with E-state index in [0.717, 1.165) is 5.56 Å². The summed E-state index contributed by atoms with van der Waals surface area (Å²) >= 11 is 0. The van der Waals surface area contributed by atoms with E-state index < -0.39 is 0 Å². The first kappa shape index (κ1) is 17.0. The number of carbonyl (C=O) groups excluding carboxylic acids is 2. The summed E-state index contributed by atoms with van der Waals surface area (Å²) in [5, 5.41) is 13.9. The van der Waals surface area contributed by atoms with Crippen molar-refractivity contribution in [3.05, 3.63) is 59.7 Å². The van der Waals surface area contributed by atoms with Crippen molar-refractivity contribution in [2.45, 2.75) is 13.0 Å². The Labute approximate surface area is 140 Å². The number of hydrogen-bond donors (Lipinski definition) is 2. The van der Waals surface area contributed by atoms with Gasteiger partial charge in [-0.1, -0.05) is 18.2 Å². The SMILES string of the molecule is COc1cccc(C(=O)Nc2cccc(CNC(=O)CC#N)c2)c1. The Morgan fingerprint density at radius 2 is 1.96 bits per heavy atom. The molecule has 24 heavy (non-hydrogen) atoms. The predicted molar refractivity (Wildman–Crippen MR) is 89.5 cm³/mol. The number of amides is 2. The number of ether oxygens (including phenoxy) is 1. The number of nitrogens with zero attached hydrogens (tertiary/aromatic N) is 1. The first-order chi connectivity index (χ1) is 11.6. The van der Waals surface area contributed by atoms with Crippen LogP contribution in [0.2, 0.25) is 0 Å². The quantitative estimate of drug-likeness (QED) is 0.854. The van der Waals surface area contributed by atoms with Gasteiger partial charge in [0.05, 0.1) is 13.2 Å². The third kappa shape index (κ3) is 4.85. The number of nitrogens with one attached hydrogen (secondary N) is 2. The molecular weight excluding hydrogens is 306 g/mol. The van der Waals surface area contributed by atoms with Crippen LogP contribution in [0, 0.1) is 11.3 Å². The summed E-state index contributed by atoms with van der Waals surface area (Å²) in [6.45, 7) is 0.295. The fraction of sp³-hybridized carbons (Fsp3) is 0.167. The zero-order valence-corrected chi connectivity index (χ0v) is 13.2. The zero-order valence-electron chi connectivity index (χ0n) is 13.2. The highest BCUT2D eigenvalue weighted by molar-refractivity contribution is 6.04. The van der Waals surface area contributed by atoms with Gasteiger partial charge in [0.1, 0.15) is 12.2 Å². The molecule has 0 heterocycles. The van der Waals surface area contributed by atoms with Gasteiger partial charge in [0.25, 0.3) is 5.91 Å². The molecule has 2 aromatic rings. The standard InChI is InChI=1S/C18H17N3O3/c1-24-16-7-3-5-14(11-16)18(23)21-15-6-2-4-13(10-15)12-20-17(22)8-9-19/h2-7,10-11H,8,12H2,1H3,(H,20,22)(H,21,23). The largest absolute Gasteiger partial charge is 0.497 e. The van der Waals surface area contributed by atoms with Gasteiger partial charge in [0.2, 0.25) is 5.91 Å². The zero-order chi connectivity index (χ0) is 17.4. The van der Waals surface area contributed by atoms with E-state index >= 15 is 0 Å². The highest BCUT2D eigenvalue weighted by atomic mass is 16.5. The Bertz CT molecular complexity index is 781. The maximum atomic E-state index is 12.3. The molecule has 0 aromatic heterocycles. The van der Waals surface area contributed by atoms with Crippen molar-refractivity contribution in [1.82, 2.24) is 5.32 Å². The second-order valence-electron chi connectivity index (χ2n) is 5.00. The molecular formula is C18H17N3O3. The molecule has 6 heteroatoms. The highest BCUT2D eigenvalue weighted by Crippen LogP contribution is 2.16. The topological polar surface area (TPSA) is 91.2 Å². The van der Waals surface area contributed by atoms with Gasteiger partial charge in [-0.15, -0.1) is 0 Å². The van der Waals surface area contributed by atoms with E-state index in [0.29, 0.717) is 23.5 Å². The van der Waals surface area contributed by atoms with E-state index in [4.69, 9.17) is 10.00 Å². The number of carbonyl (C=O) groups is 2. The van der Waals surface area contributed by atoms with Crippen LogP contribution in [0.1, 0.15) is 22.3 Å². The first-order valence-electron chi connectivity index (χ1n) is 7.30. The predicted octanol–water partition coefficient (Wildman–Crippen LogP) is 2.48. The van der Waals surface area contributed by atoms with Crippen LogP contribution in [-0.2, 0) is 11.3 Å². The van der Waals surface area contributed by atoms with Crippen molar-refractivity contribution in [3.63, 3.8) is 0 Å². The maximum absolute atomic E-state index is 12.3. The molecule has 0 saturated heterocycles. The summed E-state index contributed by atoms with van der Waals surface area (Å²) in [5.74, 6) is 0.0273. The van der Waals surface area contributed by atoms with Crippen molar-refractivity contribution >= 4 is 17.5 Å². The minimum Gasteiger partial charge on any atom is -0.497 e.